The molecule has 2 amide bonds. The first-order valence-electron chi connectivity index (χ1n) is 5.12. The Bertz CT molecular complexity index is 481. The van der Waals surface area contributed by atoms with Crippen LogP contribution in [0, 0.1) is 0 Å². The van der Waals surface area contributed by atoms with Crippen LogP contribution in [0.15, 0.2) is 41.5 Å². The maximum atomic E-state index is 10.8. The van der Waals surface area contributed by atoms with Crippen LogP contribution in [0.3, 0.4) is 0 Å². The van der Waals surface area contributed by atoms with Crippen molar-refractivity contribution in [3.63, 3.8) is 0 Å². The minimum absolute atomic E-state index is 0.0508. The molecule has 6 nitrogen and oxygen atoms in total. The van der Waals surface area contributed by atoms with Crippen LogP contribution >= 0.6 is 0 Å². The minimum atomic E-state index is -0.840. The zero-order valence-corrected chi connectivity index (χ0v) is 9.79. The van der Waals surface area contributed by atoms with E-state index < -0.39 is 12.0 Å². The van der Waals surface area contributed by atoms with Gasteiger partial charge in [-0.05, 0) is 11.6 Å². The summed E-state index contributed by atoms with van der Waals surface area (Å²) in [5.41, 5.74) is 7.74. The molecule has 0 aromatic heterocycles. The van der Waals surface area contributed by atoms with E-state index in [0.29, 0.717) is 0 Å². The zero-order chi connectivity index (χ0) is 13.4. The molecule has 0 bridgehead atoms. The van der Waals surface area contributed by atoms with Gasteiger partial charge in [0.05, 0.1) is 0 Å². The van der Waals surface area contributed by atoms with Crippen LogP contribution in [-0.4, -0.2) is 17.9 Å². The lowest BCUT2D eigenvalue weighted by Gasteiger charge is -2.00. The van der Waals surface area contributed by atoms with E-state index >= 15 is 0 Å². The van der Waals surface area contributed by atoms with Gasteiger partial charge < -0.3 is 10.5 Å². The van der Waals surface area contributed by atoms with E-state index in [-0.39, 0.29) is 5.90 Å². The first-order chi connectivity index (χ1) is 8.58. The molecule has 0 unspecified atom stereocenters. The Morgan fingerprint density at radius 1 is 1.33 bits per heavy atom. The van der Waals surface area contributed by atoms with Crippen molar-refractivity contribution in [3.05, 3.63) is 42.0 Å². The summed E-state index contributed by atoms with van der Waals surface area (Å²) in [6, 6.07) is 8.50. The molecule has 0 heterocycles. The van der Waals surface area contributed by atoms with Gasteiger partial charge in [-0.3, -0.25) is 4.79 Å². The van der Waals surface area contributed by atoms with Gasteiger partial charge in [-0.2, -0.15) is 0 Å². The summed E-state index contributed by atoms with van der Waals surface area (Å²) in [5.74, 6) is -0.595. The van der Waals surface area contributed by atoms with Crippen LogP contribution in [0.2, 0.25) is 0 Å². The van der Waals surface area contributed by atoms with Crippen molar-refractivity contribution < 1.29 is 14.3 Å². The molecule has 0 aliphatic rings. The second kappa shape index (κ2) is 6.85. The van der Waals surface area contributed by atoms with Crippen molar-refractivity contribution in [1.82, 2.24) is 5.43 Å². The van der Waals surface area contributed by atoms with E-state index in [1.807, 2.05) is 35.8 Å². The highest BCUT2D eigenvalue weighted by atomic mass is 16.5. The normalized spacial score (nSPS) is 11.3. The predicted octanol–water partition coefficient (Wildman–Crippen LogP) is 1.24. The maximum Gasteiger partial charge on any atom is 0.332 e. The van der Waals surface area contributed by atoms with Crippen molar-refractivity contribution in [2.24, 2.45) is 10.8 Å². The molecule has 0 fully saturated rings. The Labute approximate surface area is 104 Å². The Kier molecular flexibility index (Phi) is 5.11. The summed E-state index contributed by atoms with van der Waals surface area (Å²) in [5, 5.41) is 3.54. The van der Waals surface area contributed by atoms with Crippen molar-refractivity contribution in [2.75, 3.05) is 0 Å². The summed E-state index contributed by atoms with van der Waals surface area (Å²) in [4.78, 5) is 21.3. The number of hydrogen-bond donors (Lipinski definition) is 2. The monoisotopic (exact) mass is 247 g/mol. The van der Waals surface area contributed by atoms with Crippen molar-refractivity contribution in [3.8, 4) is 0 Å². The molecule has 1 aromatic carbocycles. The lowest BCUT2D eigenvalue weighted by Crippen LogP contribution is -2.26. The first kappa shape index (κ1) is 13.4. The van der Waals surface area contributed by atoms with Crippen LogP contribution in [-0.2, 0) is 9.53 Å². The second-order valence-electron chi connectivity index (χ2n) is 3.26. The lowest BCUT2D eigenvalue weighted by molar-refractivity contribution is -0.132. The van der Waals surface area contributed by atoms with E-state index in [0.717, 1.165) is 5.56 Å². The molecule has 1 rings (SSSR count). The summed E-state index contributed by atoms with van der Waals surface area (Å²) in [7, 11) is 0. The van der Waals surface area contributed by atoms with Gasteiger partial charge in [0.1, 0.15) is 0 Å². The molecule has 0 spiro atoms. The molecule has 1 aromatic rings. The molecule has 0 aliphatic heterocycles. The van der Waals surface area contributed by atoms with Gasteiger partial charge in [-0.25, -0.2) is 10.2 Å². The van der Waals surface area contributed by atoms with Crippen molar-refractivity contribution in [2.45, 2.75) is 6.92 Å². The lowest BCUT2D eigenvalue weighted by atomic mass is 10.2. The highest BCUT2D eigenvalue weighted by Crippen LogP contribution is 2.01. The van der Waals surface area contributed by atoms with E-state index in [2.05, 4.69) is 5.10 Å². The number of primary amides is 1. The SMILES string of the molecule is CC(=O)OC(C=Cc1ccccc1)=NNC(N)=O. The first-order valence-corrected chi connectivity index (χ1v) is 5.12. The van der Waals surface area contributed by atoms with Gasteiger partial charge in [0.2, 0.25) is 5.90 Å². The fourth-order valence-corrected chi connectivity index (χ4v) is 1.08. The van der Waals surface area contributed by atoms with Gasteiger partial charge in [0.15, 0.2) is 0 Å². The Morgan fingerprint density at radius 2 is 2.00 bits per heavy atom. The van der Waals surface area contributed by atoms with Gasteiger partial charge in [-0.15, -0.1) is 5.10 Å². The highest BCUT2D eigenvalue weighted by Gasteiger charge is 2.00. The van der Waals surface area contributed by atoms with Crippen LogP contribution < -0.4 is 11.2 Å². The number of carbonyl (C=O) groups is 2. The number of carbonyl (C=O) groups excluding carboxylic acids is 2. The van der Waals surface area contributed by atoms with Gasteiger partial charge in [0, 0.05) is 13.0 Å². The molecule has 0 atom stereocenters. The van der Waals surface area contributed by atoms with Gasteiger partial charge >= 0.3 is 12.0 Å². The smallest absolute Gasteiger partial charge is 0.332 e. The number of nitrogens with one attached hydrogen (secondary N) is 1. The molecule has 3 N–H and O–H groups in total. The number of rotatable bonds is 3. The largest absolute Gasteiger partial charge is 0.406 e. The molecule has 94 valence electrons. The Hall–Kier alpha value is -2.63. The molecular weight excluding hydrogens is 234 g/mol. The van der Waals surface area contributed by atoms with Gasteiger partial charge in [0.25, 0.3) is 0 Å². The number of esters is 1. The number of nitrogens with zero attached hydrogens (tertiary/aromatic N) is 1. The Morgan fingerprint density at radius 3 is 2.56 bits per heavy atom. The van der Waals surface area contributed by atoms with E-state index in [1.54, 1.807) is 6.08 Å². The zero-order valence-electron chi connectivity index (χ0n) is 9.79. The fourth-order valence-electron chi connectivity index (χ4n) is 1.08. The highest BCUT2D eigenvalue weighted by molar-refractivity contribution is 5.98. The number of amides is 2. The third-order valence-corrected chi connectivity index (χ3v) is 1.74. The summed E-state index contributed by atoms with van der Waals surface area (Å²) in [6.07, 6.45) is 3.14. The number of ether oxygens (including phenoxy) is 1. The average molecular weight is 247 g/mol. The minimum Gasteiger partial charge on any atom is -0.406 e. The standard InChI is InChI=1S/C12H13N3O3/c1-9(16)18-11(14-15-12(13)17)8-7-10-5-3-2-4-6-10/h2-8H,1H3,(H3,13,15,17). The maximum absolute atomic E-state index is 10.8. The van der Waals surface area contributed by atoms with E-state index in [9.17, 15) is 9.59 Å². The Balaban J connectivity index is 2.78. The molecule has 0 radical (unpaired) electrons. The average Bonchev–Trinajstić information content (AvgIpc) is 2.33. The molecule has 0 aliphatic carbocycles. The molecule has 0 saturated carbocycles. The number of hydrazone groups is 1. The van der Waals surface area contributed by atoms with Crippen LogP contribution in [0.1, 0.15) is 12.5 Å². The number of urea groups is 1. The van der Waals surface area contributed by atoms with Crippen LogP contribution in [0.5, 0.6) is 0 Å². The molecular formula is C12H13N3O3. The third-order valence-electron chi connectivity index (χ3n) is 1.74. The molecule has 6 heteroatoms. The third kappa shape index (κ3) is 5.45. The van der Waals surface area contributed by atoms with Crippen molar-refractivity contribution in [1.29, 1.82) is 0 Å². The summed E-state index contributed by atoms with van der Waals surface area (Å²) in [6.45, 7) is 1.23. The predicted molar refractivity (Wildman–Crippen MR) is 67.4 cm³/mol. The number of benzene rings is 1. The fraction of sp³-hybridized carbons (Fsp3) is 0.0833. The number of hydrogen-bond acceptors (Lipinski definition) is 4. The summed E-state index contributed by atoms with van der Waals surface area (Å²) < 4.78 is 4.78. The van der Waals surface area contributed by atoms with Crippen molar-refractivity contribution >= 4 is 24.0 Å². The quantitative estimate of drug-likeness (QED) is 0.364. The molecule has 0 saturated heterocycles. The summed E-state index contributed by atoms with van der Waals surface area (Å²) >= 11 is 0. The van der Waals surface area contributed by atoms with Crippen LogP contribution in [0.4, 0.5) is 4.79 Å². The van der Waals surface area contributed by atoms with E-state index in [1.165, 1.54) is 13.0 Å². The van der Waals surface area contributed by atoms with Gasteiger partial charge in [-0.1, -0.05) is 30.3 Å². The van der Waals surface area contributed by atoms with Crippen LogP contribution in [0.25, 0.3) is 6.08 Å². The molecule has 18 heavy (non-hydrogen) atoms. The second-order valence-corrected chi connectivity index (χ2v) is 3.26. The number of nitrogens with two attached hydrogens (primary N) is 1. The topological polar surface area (TPSA) is 93.8 Å². The van der Waals surface area contributed by atoms with E-state index in [4.69, 9.17) is 10.5 Å².